The molecule has 1 fully saturated rings. The van der Waals surface area contributed by atoms with Crippen LogP contribution in [-0.2, 0) is 22.6 Å². The molecule has 0 aliphatic carbocycles. The van der Waals surface area contributed by atoms with Crippen molar-refractivity contribution in [3.8, 4) is 0 Å². The molecule has 0 unspecified atom stereocenters. The fourth-order valence-electron chi connectivity index (χ4n) is 2.64. The van der Waals surface area contributed by atoms with Crippen LogP contribution in [-0.4, -0.2) is 43.2 Å². The highest BCUT2D eigenvalue weighted by Gasteiger charge is 2.29. The molecule has 0 radical (unpaired) electrons. The van der Waals surface area contributed by atoms with Crippen molar-refractivity contribution in [3.63, 3.8) is 0 Å². The van der Waals surface area contributed by atoms with E-state index >= 15 is 0 Å². The van der Waals surface area contributed by atoms with Gasteiger partial charge < -0.3 is 20.7 Å². The predicted molar refractivity (Wildman–Crippen MR) is 102 cm³/mol. The maximum atomic E-state index is 12.1. The third-order valence-electron chi connectivity index (χ3n) is 4.11. The molecule has 1 heterocycles. The maximum absolute atomic E-state index is 12.1. The summed E-state index contributed by atoms with van der Waals surface area (Å²) in [6, 6.07) is 8.33. The Morgan fingerprint density at radius 2 is 2.04 bits per heavy atom. The second-order valence-corrected chi connectivity index (χ2v) is 5.93. The van der Waals surface area contributed by atoms with Crippen LogP contribution in [0.4, 0.5) is 0 Å². The summed E-state index contributed by atoms with van der Waals surface area (Å²) in [6.07, 6.45) is 1.31. The number of nitrogens with zero attached hydrogens (tertiary/aromatic N) is 1. The smallest absolute Gasteiger partial charge is 0.249 e. The van der Waals surface area contributed by atoms with Gasteiger partial charge in [0.25, 0.3) is 0 Å². The van der Waals surface area contributed by atoms with Crippen molar-refractivity contribution < 1.29 is 9.53 Å². The molecule has 1 aliphatic rings. The zero-order valence-electron chi connectivity index (χ0n) is 14.4. The van der Waals surface area contributed by atoms with Crippen LogP contribution in [0.25, 0.3) is 0 Å². The van der Waals surface area contributed by atoms with Gasteiger partial charge in [0.05, 0.1) is 6.10 Å². The average Bonchev–Trinajstić information content (AvgIpc) is 3.02. The van der Waals surface area contributed by atoms with Crippen molar-refractivity contribution in [2.75, 3.05) is 20.1 Å². The summed E-state index contributed by atoms with van der Waals surface area (Å²) < 4.78 is 5.61. The Morgan fingerprint density at radius 3 is 2.67 bits per heavy atom. The second kappa shape index (κ2) is 11.7. The van der Waals surface area contributed by atoms with Crippen LogP contribution >= 0.6 is 24.8 Å². The lowest BCUT2D eigenvalue weighted by Crippen LogP contribution is -2.35. The Morgan fingerprint density at radius 1 is 1.33 bits per heavy atom. The minimum Gasteiger partial charge on any atom is -0.364 e. The third kappa shape index (κ3) is 6.95. The van der Waals surface area contributed by atoms with E-state index in [1.165, 1.54) is 5.56 Å². The van der Waals surface area contributed by atoms with Gasteiger partial charge in [-0.1, -0.05) is 31.2 Å². The summed E-state index contributed by atoms with van der Waals surface area (Å²) in [4.78, 5) is 14.4. The van der Waals surface area contributed by atoms with Crippen molar-refractivity contribution in [1.82, 2.24) is 10.2 Å². The van der Waals surface area contributed by atoms with Crippen LogP contribution in [0.2, 0.25) is 0 Å². The number of amides is 1. The second-order valence-electron chi connectivity index (χ2n) is 5.93. The monoisotopic (exact) mass is 377 g/mol. The highest BCUT2D eigenvalue weighted by atomic mass is 35.5. The first kappa shape index (κ1) is 23.1. The lowest BCUT2D eigenvalue weighted by Gasteiger charge is -2.15. The van der Waals surface area contributed by atoms with Gasteiger partial charge >= 0.3 is 0 Å². The van der Waals surface area contributed by atoms with Gasteiger partial charge in [-0.25, -0.2) is 0 Å². The van der Waals surface area contributed by atoms with Crippen molar-refractivity contribution in [3.05, 3.63) is 35.4 Å². The van der Waals surface area contributed by atoms with E-state index in [0.29, 0.717) is 13.1 Å². The number of ether oxygens (including phenoxy) is 1. The van der Waals surface area contributed by atoms with E-state index in [1.807, 2.05) is 12.1 Å². The Hall–Kier alpha value is -0.850. The Labute approximate surface area is 157 Å². The largest absolute Gasteiger partial charge is 0.364 e. The first-order valence-corrected chi connectivity index (χ1v) is 8.02. The lowest BCUT2D eigenvalue weighted by atomic mass is 10.1. The molecule has 2 atom stereocenters. The normalized spacial score (nSPS) is 19.5. The Bertz CT molecular complexity index is 502. The minimum absolute atomic E-state index is 0. The molecule has 24 heavy (non-hydrogen) atoms. The number of rotatable bonds is 7. The molecular formula is C17H29Cl2N3O2. The van der Waals surface area contributed by atoms with Crippen LogP contribution in [0.3, 0.4) is 0 Å². The van der Waals surface area contributed by atoms with Crippen molar-refractivity contribution in [2.45, 2.75) is 45.1 Å². The molecule has 0 bridgehead atoms. The molecular weight excluding hydrogens is 349 g/mol. The lowest BCUT2D eigenvalue weighted by molar-refractivity contribution is -0.132. The fourth-order valence-corrected chi connectivity index (χ4v) is 2.64. The number of nitrogens with one attached hydrogen (secondary N) is 1. The van der Waals surface area contributed by atoms with E-state index in [9.17, 15) is 4.79 Å². The molecule has 5 nitrogen and oxygen atoms in total. The van der Waals surface area contributed by atoms with Gasteiger partial charge in [-0.05, 0) is 37.6 Å². The number of hydrogen-bond acceptors (Lipinski definition) is 4. The standard InChI is InChI=1S/C17H27N3O2.2ClH/c1-3-20(2)12-14-6-4-5-13(9-14)11-19-17(21)16-8-7-15(10-18)22-16;;/h4-6,9,15-16H,3,7-8,10-12,18H2,1-2H3,(H,19,21);2*1H/t15-,16+;;/m1../s1. The van der Waals surface area contributed by atoms with E-state index in [4.69, 9.17) is 10.5 Å². The van der Waals surface area contributed by atoms with Crippen LogP contribution in [0.15, 0.2) is 24.3 Å². The maximum Gasteiger partial charge on any atom is 0.249 e. The van der Waals surface area contributed by atoms with E-state index in [0.717, 1.165) is 31.5 Å². The summed E-state index contributed by atoms with van der Waals surface area (Å²) in [7, 11) is 2.10. The van der Waals surface area contributed by atoms with Gasteiger partial charge in [0.2, 0.25) is 5.91 Å². The molecule has 138 valence electrons. The number of carbonyl (C=O) groups is 1. The number of benzene rings is 1. The molecule has 0 saturated carbocycles. The zero-order chi connectivity index (χ0) is 15.9. The summed E-state index contributed by atoms with van der Waals surface area (Å²) in [5.41, 5.74) is 7.94. The van der Waals surface area contributed by atoms with Crippen molar-refractivity contribution in [2.24, 2.45) is 5.73 Å². The highest BCUT2D eigenvalue weighted by molar-refractivity contribution is 5.85. The van der Waals surface area contributed by atoms with Crippen LogP contribution < -0.4 is 11.1 Å². The molecule has 2 rings (SSSR count). The molecule has 1 saturated heterocycles. The van der Waals surface area contributed by atoms with Crippen LogP contribution in [0.5, 0.6) is 0 Å². The minimum atomic E-state index is -0.344. The SMILES string of the molecule is CCN(C)Cc1cccc(CNC(=O)[C@@H]2CC[C@H](CN)O2)c1.Cl.Cl. The fraction of sp³-hybridized carbons (Fsp3) is 0.588. The first-order chi connectivity index (χ1) is 10.6. The van der Waals surface area contributed by atoms with Gasteiger partial charge in [-0.3, -0.25) is 4.79 Å². The zero-order valence-corrected chi connectivity index (χ0v) is 16.0. The number of hydrogen-bond donors (Lipinski definition) is 2. The average molecular weight is 378 g/mol. The van der Waals surface area contributed by atoms with Crippen molar-refractivity contribution in [1.29, 1.82) is 0 Å². The van der Waals surface area contributed by atoms with Gasteiger partial charge in [0.1, 0.15) is 6.10 Å². The van der Waals surface area contributed by atoms with Crippen LogP contribution in [0, 0.1) is 0 Å². The van der Waals surface area contributed by atoms with Gasteiger partial charge in [-0.2, -0.15) is 0 Å². The highest BCUT2D eigenvalue weighted by Crippen LogP contribution is 2.19. The molecule has 3 N–H and O–H groups in total. The number of halogens is 2. The summed E-state index contributed by atoms with van der Waals surface area (Å²) in [5, 5.41) is 2.96. The molecule has 1 aromatic rings. The molecule has 7 heteroatoms. The molecule has 1 aliphatic heterocycles. The molecule has 0 aromatic heterocycles. The topological polar surface area (TPSA) is 67.6 Å². The van der Waals surface area contributed by atoms with E-state index < -0.39 is 0 Å². The van der Waals surface area contributed by atoms with Gasteiger partial charge in [-0.15, -0.1) is 24.8 Å². The van der Waals surface area contributed by atoms with E-state index in [2.05, 4.69) is 36.3 Å². The summed E-state index contributed by atoms with van der Waals surface area (Å²) in [5.74, 6) is -0.0352. The molecule has 0 spiro atoms. The van der Waals surface area contributed by atoms with Crippen LogP contribution in [0.1, 0.15) is 30.9 Å². The van der Waals surface area contributed by atoms with E-state index in [1.54, 1.807) is 0 Å². The number of nitrogens with two attached hydrogens (primary N) is 1. The van der Waals surface area contributed by atoms with Crippen molar-refractivity contribution >= 4 is 30.7 Å². The van der Waals surface area contributed by atoms with Gasteiger partial charge in [0.15, 0.2) is 0 Å². The van der Waals surface area contributed by atoms with Gasteiger partial charge in [0, 0.05) is 19.6 Å². The summed E-state index contributed by atoms with van der Waals surface area (Å²) in [6.45, 7) is 5.09. The molecule has 1 amide bonds. The Kier molecular flexibility index (Phi) is 11.2. The molecule has 1 aromatic carbocycles. The summed E-state index contributed by atoms with van der Waals surface area (Å²) >= 11 is 0. The Balaban J connectivity index is 0.00000264. The quantitative estimate of drug-likeness (QED) is 0.763. The predicted octanol–water partition coefficient (Wildman–Crippen LogP) is 2.10. The first-order valence-electron chi connectivity index (χ1n) is 8.02. The van der Waals surface area contributed by atoms with E-state index in [-0.39, 0.29) is 42.9 Å². The number of carbonyl (C=O) groups excluding carboxylic acids is 1. The third-order valence-corrected chi connectivity index (χ3v) is 4.11.